The maximum atomic E-state index is 5.75. The number of aromatic nitrogens is 1. The Balaban J connectivity index is 1.91. The van der Waals surface area contributed by atoms with Crippen LogP contribution in [0.2, 0.25) is 0 Å². The summed E-state index contributed by atoms with van der Waals surface area (Å²) in [6.07, 6.45) is 3.44. The van der Waals surface area contributed by atoms with E-state index in [0.29, 0.717) is 0 Å². The van der Waals surface area contributed by atoms with Gasteiger partial charge in [-0.1, -0.05) is 12.1 Å². The van der Waals surface area contributed by atoms with E-state index < -0.39 is 0 Å². The van der Waals surface area contributed by atoms with Gasteiger partial charge in [0, 0.05) is 18.0 Å². The Morgan fingerprint density at radius 3 is 2.67 bits per heavy atom. The second-order valence-electron chi connectivity index (χ2n) is 3.42. The van der Waals surface area contributed by atoms with Crippen molar-refractivity contribution in [1.29, 1.82) is 0 Å². The first-order chi connectivity index (χ1) is 7.43. The molecule has 1 aliphatic heterocycles. The maximum Gasteiger partial charge on any atom is 0.196 e. The van der Waals surface area contributed by atoms with Crippen LogP contribution in [0.15, 0.2) is 48.8 Å². The normalized spacial score (nSPS) is 17.7. The number of pyridine rings is 1. The van der Waals surface area contributed by atoms with E-state index in [1.807, 2.05) is 36.4 Å². The minimum absolute atomic E-state index is 0.0922. The first-order valence-corrected chi connectivity index (χ1v) is 4.85. The number of hydrogen-bond acceptors (Lipinski definition) is 3. The smallest absolute Gasteiger partial charge is 0.196 e. The fraction of sp³-hybridized carbons (Fsp3) is 0.0833. The molecule has 3 nitrogen and oxygen atoms in total. The molecule has 0 saturated carbocycles. The van der Waals surface area contributed by atoms with Gasteiger partial charge in [0.25, 0.3) is 0 Å². The Labute approximate surface area is 87.7 Å². The zero-order valence-corrected chi connectivity index (χ0v) is 8.05. The highest BCUT2D eigenvalue weighted by Crippen LogP contribution is 2.36. The molecule has 1 N–H and O–H groups in total. The van der Waals surface area contributed by atoms with Gasteiger partial charge in [0.15, 0.2) is 6.23 Å². The predicted octanol–water partition coefficient (Wildman–Crippen LogP) is 2.58. The van der Waals surface area contributed by atoms with Crippen LogP contribution in [0.3, 0.4) is 0 Å². The molecule has 2 heterocycles. The molecule has 0 saturated heterocycles. The highest BCUT2D eigenvalue weighted by molar-refractivity contribution is 5.60. The second-order valence-corrected chi connectivity index (χ2v) is 3.42. The zero-order chi connectivity index (χ0) is 10.1. The summed E-state index contributed by atoms with van der Waals surface area (Å²) in [5.74, 6) is 0.902. The van der Waals surface area contributed by atoms with E-state index in [-0.39, 0.29) is 6.23 Å². The molecule has 1 aliphatic rings. The van der Waals surface area contributed by atoms with E-state index >= 15 is 0 Å². The molecule has 0 fully saturated rings. The number of nitrogens with one attached hydrogen (secondary N) is 1. The van der Waals surface area contributed by atoms with Crippen LogP contribution in [0.4, 0.5) is 5.69 Å². The summed E-state index contributed by atoms with van der Waals surface area (Å²) < 4.78 is 5.75. The van der Waals surface area contributed by atoms with Crippen molar-refractivity contribution in [2.24, 2.45) is 0 Å². The monoisotopic (exact) mass is 198 g/mol. The van der Waals surface area contributed by atoms with Crippen LogP contribution in [-0.4, -0.2) is 4.98 Å². The van der Waals surface area contributed by atoms with Gasteiger partial charge < -0.3 is 10.1 Å². The number of ether oxygens (including phenoxy) is 1. The van der Waals surface area contributed by atoms with Gasteiger partial charge in [-0.2, -0.15) is 0 Å². The number of fused-ring (bicyclic) bond motifs is 1. The molecule has 1 aromatic carbocycles. The summed E-state index contributed by atoms with van der Waals surface area (Å²) in [7, 11) is 0. The molecule has 1 unspecified atom stereocenters. The second kappa shape index (κ2) is 3.28. The molecule has 1 aromatic heterocycles. The molecule has 3 rings (SSSR count). The summed E-state index contributed by atoms with van der Waals surface area (Å²) in [4.78, 5) is 3.98. The Kier molecular flexibility index (Phi) is 1.81. The van der Waals surface area contributed by atoms with Crippen LogP contribution in [0.25, 0.3) is 0 Å². The first kappa shape index (κ1) is 8.29. The quantitative estimate of drug-likeness (QED) is 0.764. The van der Waals surface area contributed by atoms with Gasteiger partial charge in [0.1, 0.15) is 5.75 Å². The van der Waals surface area contributed by atoms with Gasteiger partial charge in [-0.15, -0.1) is 0 Å². The third-order valence-electron chi connectivity index (χ3n) is 2.43. The Morgan fingerprint density at radius 1 is 1.07 bits per heavy atom. The van der Waals surface area contributed by atoms with Crippen molar-refractivity contribution >= 4 is 5.69 Å². The molecule has 0 spiro atoms. The van der Waals surface area contributed by atoms with E-state index in [2.05, 4.69) is 10.3 Å². The fourth-order valence-corrected chi connectivity index (χ4v) is 1.68. The van der Waals surface area contributed by atoms with Crippen molar-refractivity contribution < 1.29 is 4.74 Å². The van der Waals surface area contributed by atoms with Crippen molar-refractivity contribution in [1.82, 2.24) is 4.98 Å². The lowest BCUT2D eigenvalue weighted by atomic mass is 10.2. The molecule has 1 atom stereocenters. The number of rotatable bonds is 1. The van der Waals surface area contributed by atoms with E-state index in [0.717, 1.165) is 17.0 Å². The topological polar surface area (TPSA) is 34.2 Å². The average molecular weight is 198 g/mol. The molecule has 3 heteroatoms. The SMILES string of the molecule is c1ccc2c(c1)NC(c1ccncc1)O2. The first-order valence-electron chi connectivity index (χ1n) is 4.85. The highest BCUT2D eigenvalue weighted by atomic mass is 16.5. The number of hydrogen-bond donors (Lipinski definition) is 1. The average Bonchev–Trinajstić information content (AvgIpc) is 2.74. The van der Waals surface area contributed by atoms with Crippen molar-refractivity contribution in [3.63, 3.8) is 0 Å². The third kappa shape index (κ3) is 1.42. The standard InChI is InChI=1S/C12H10N2O/c1-2-4-11-10(3-1)14-12(15-11)9-5-7-13-8-6-9/h1-8,12,14H. The van der Waals surface area contributed by atoms with Crippen LogP contribution in [0.5, 0.6) is 5.75 Å². The number of para-hydroxylation sites is 2. The summed E-state index contributed by atoms with van der Waals surface area (Å²) in [5, 5.41) is 3.30. The number of benzene rings is 1. The largest absolute Gasteiger partial charge is 0.464 e. The summed E-state index contributed by atoms with van der Waals surface area (Å²) >= 11 is 0. The molecule has 2 aromatic rings. The van der Waals surface area contributed by atoms with Crippen LogP contribution in [0, 0.1) is 0 Å². The van der Waals surface area contributed by atoms with Gasteiger partial charge in [-0.05, 0) is 24.3 Å². The van der Waals surface area contributed by atoms with Crippen molar-refractivity contribution in [3.8, 4) is 5.75 Å². The van der Waals surface area contributed by atoms with Crippen LogP contribution in [0.1, 0.15) is 11.8 Å². The molecular weight excluding hydrogens is 188 g/mol. The lowest BCUT2D eigenvalue weighted by Crippen LogP contribution is -2.09. The Bertz CT molecular complexity index is 445. The van der Waals surface area contributed by atoms with Crippen molar-refractivity contribution in [3.05, 3.63) is 54.4 Å². The van der Waals surface area contributed by atoms with Gasteiger partial charge in [0.05, 0.1) is 5.69 Å². The van der Waals surface area contributed by atoms with E-state index in [1.165, 1.54) is 0 Å². The number of nitrogens with zero attached hydrogens (tertiary/aromatic N) is 1. The van der Waals surface area contributed by atoms with Crippen LogP contribution < -0.4 is 10.1 Å². The summed E-state index contributed by atoms with van der Waals surface area (Å²) in [6.45, 7) is 0. The fourth-order valence-electron chi connectivity index (χ4n) is 1.68. The summed E-state index contributed by atoms with van der Waals surface area (Å²) in [5.41, 5.74) is 2.13. The Morgan fingerprint density at radius 2 is 1.87 bits per heavy atom. The zero-order valence-electron chi connectivity index (χ0n) is 8.05. The van der Waals surface area contributed by atoms with E-state index in [1.54, 1.807) is 12.4 Å². The van der Waals surface area contributed by atoms with E-state index in [4.69, 9.17) is 4.74 Å². The number of anilines is 1. The minimum atomic E-state index is -0.0922. The minimum Gasteiger partial charge on any atom is -0.464 e. The van der Waals surface area contributed by atoms with Crippen LogP contribution >= 0.6 is 0 Å². The molecule has 0 aliphatic carbocycles. The highest BCUT2D eigenvalue weighted by Gasteiger charge is 2.22. The van der Waals surface area contributed by atoms with Gasteiger partial charge >= 0.3 is 0 Å². The molecule has 74 valence electrons. The lowest BCUT2D eigenvalue weighted by molar-refractivity contribution is 0.259. The molecule has 0 bridgehead atoms. The maximum absolute atomic E-state index is 5.75. The molecular formula is C12H10N2O. The third-order valence-corrected chi connectivity index (χ3v) is 2.43. The van der Waals surface area contributed by atoms with Gasteiger partial charge in [0.2, 0.25) is 0 Å². The van der Waals surface area contributed by atoms with E-state index in [9.17, 15) is 0 Å². The Hall–Kier alpha value is -2.03. The molecule has 15 heavy (non-hydrogen) atoms. The summed E-state index contributed by atoms with van der Waals surface area (Å²) in [6, 6.07) is 11.8. The van der Waals surface area contributed by atoms with Crippen molar-refractivity contribution in [2.75, 3.05) is 5.32 Å². The predicted molar refractivity (Wildman–Crippen MR) is 57.7 cm³/mol. The van der Waals surface area contributed by atoms with Gasteiger partial charge in [-0.25, -0.2) is 0 Å². The van der Waals surface area contributed by atoms with Crippen molar-refractivity contribution in [2.45, 2.75) is 6.23 Å². The lowest BCUT2D eigenvalue weighted by Gasteiger charge is -2.10. The van der Waals surface area contributed by atoms with Gasteiger partial charge in [-0.3, -0.25) is 4.98 Å². The molecule has 0 amide bonds. The van der Waals surface area contributed by atoms with Crippen LogP contribution in [-0.2, 0) is 0 Å². The molecule has 0 radical (unpaired) electrons.